The molecule has 5 rings (SSSR count). The van der Waals surface area contributed by atoms with Crippen molar-refractivity contribution in [2.45, 2.75) is 50.8 Å². The number of hydrogen-bond donors (Lipinski definition) is 4. The summed E-state index contributed by atoms with van der Waals surface area (Å²) in [6.07, 6.45) is -1.44. The molecule has 366 valence electrons. The van der Waals surface area contributed by atoms with Gasteiger partial charge in [-0.2, -0.15) is 4.98 Å². The highest BCUT2D eigenvalue weighted by Crippen LogP contribution is 2.44. The second-order valence-corrected chi connectivity index (χ2v) is 16.5. The Morgan fingerprint density at radius 1 is 0.721 bits per heavy atom. The minimum Gasteiger partial charge on any atom is -0.493 e. The molecule has 0 spiro atoms. The first-order valence-corrected chi connectivity index (χ1v) is 21.6. The van der Waals surface area contributed by atoms with E-state index in [4.69, 9.17) is 58.7 Å². The van der Waals surface area contributed by atoms with E-state index in [1.807, 2.05) is 20.8 Å². The van der Waals surface area contributed by atoms with Crippen LogP contribution >= 0.6 is 0 Å². The van der Waals surface area contributed by atoms with Crippen LogP contribution in [-0.4, -0.2) is 125 Å². The largest absolute Gasteiger partial charge is 0.513 e. The molecular weight excluding hydrogens is 923 g/mol. The van der Waals surface area contributed by atoms with Gasteiger partial charge in [-0.25, -0.2) is 46.9 Å². The number of anilines is 1. The van der Waals surface area contributed by atoms with Gasteiger partial charge in [0.15, 0.2) is 29.4 Å². The van der Waals surface area contributed by atoms with Crippen LogP contribution in [0, 0.1) is 0 Å². The van der Waals surface area contributed by atoms with Crippen molar-refractivity contribution >= 4 is 28.2 Å². The van der Waals surface area contributed by atoms with Crippen molar-refractivity contribution in [3.63, 3.8) is 0 Å². The van der Waals surface area contributed by atoms with Crippen molar-refractivity contribution in [1.82, 2.24) is 30.7 Å². The molecule has 0 aliphatic heterocycles. The van der Waals surface area contributed by atoms with Crippen molar-refractivity contribution in [3.8, 4) is 40.5 Å². The Bertz CT molecular complexity index is 2500. The minimum atomic E-state index is -4.82. The Labute approximate surface area is 389 Å². The lowest BCUT2D eigenvalue weighted by molar-refractivity contribution is -0.497. The predicted octanol–water partition coefficient (Wildman–Crippen LogP) is 5.86. The fraction of sp³-hybridized carbons (Fsp3) is 0.333. The second-order valence-electron chi connectivity index (χ2n) is 14.6. The molecule has 0 radical (unpaired) electrons. The summed E-state index contributed by atoms with van der Waals surface area (Å²) in [7, 11) is -3.45. The average Bonchev–Trinajstić information content (AvgIpc) is 3.30. The third-order valence-corrected chi connectivity index (χ3v) is 10.7. The van der Waals surface area contributed by atoms with E-state index in [0.717, 1.165) is 5.56 Å². The molecule has 25 nitrogen and oxygen atoms in total. The van der Waals surface area contributed by atoms with Gasteiger partial charge in [-0.05, 0) is 65.9 Å². The number of ether oxygens (including phenoxy) is 8. The molecule has 0 saturated carbocycles. The Hall–Kier alpha value is -6.85. The summed E-state index contributed by atoms with van der Waals surface area (Å²) in [5.41, 5.74) is 0.965. The molecule has 1 atom stereocenters. The van der Waals surface area contributed by atoms with Gasteiger partial charge in [0.25, 0.3) is 15.9 Å². The van der Waals surface area contributed by atoms with Crippen LogP contribution in [0.3, 0.4) is 0 Å². The van der Waals surface area contributed by atoms with Crippen molar-refractivity contribution in [1.29, 1.82) is 0 Å². The standard InChI is InChI=1S/C42H49N7O18S/c1-28(65-40(50)61-23-21-59-22-26-63-48(52)53)47(68(56,57)32-17-13-30(14-18-32)42(2,3)4)38-35(67-34-10-7-6-9-33(34)58-5)39(46-37(45-38)36-43-19-8-20-44-36)60-24-25-62-41(51)66-31-15-11-29(12-16-31)27-64-49(54)55/h6-20,28,52-55H,21-27H2,1-5H3. The highest BCUT2D eigenvalue weighted by molar-refractivity contribution is 7.92. The van der Waals surface area contributed by atoms with E-state index in [1.54, 1.807) is 30.3 Å². The molecule has 3 aromatic carbocycles. The minimum absolute atomic E-state index is 0.0341. The van der Waals surface area contributed by atoms with Crippen LogP contribution in [0.25, 0.3) is 11.6 Å². The average molecular weight is 972 g/mol. The fourth-order valence-corrected chi connectivity index (χ4v) is 7.16. The molecule has 4 N–H and O–H groups in total. The smallest absolute Gasteiger partial charge is 0.493 e. The van der Waals surface area contributed by atoms with Gasteiger partial charge in [-0.3, -0.25) is 20.8 Å². The number of sulfonamides is 1. The number of nitrogens with zero attached hydrogens (tertiary/aromatic N) is 7. The van der Waals surface area contributed by atoms with Crippen LogP contribution in [-0.2, 0) is 50.7 Å². The number of aromatic nitrogens is 4. The first-order chi connectivity index (χ1) is 32.5. The lowest BCUT2D eigenvalue weighted by Crippen LogP contribution is -2.42. The van der Waals surface area contributed by atoms with Gasteiger partial charge >= 0.3 is 12.3 Å². The second kappa shape index (κ2) is 24.8. The highest BCUT2D eigenvalue weighted by atomic mass is 32.2. The maximum atomic E-state index is 15.1. The van der Waals surface area contributed by atoms with E-state index in [0.29, 0.717) is 9.87 Å². The maximum Gasteiger partial charge on any atom is 0.513 e. The van der Waals surface area contributed by atoms with E-state index in [-0.39, 0.29) is 72.2 Å². The zero-order valence-electron chi connectivity index (χ0n) is 37.2. The number of hydrogen-bond acceptors (Lipinski definition) is 24. The Kier molecular flexibility index (Phi) is 19.0. The molecular formula is C42H49N7O18S. The zero-order chi connectivity index (χ0) is 49.3. The van der Waals surface area contributed by atoms with Gasteiger partial charge in [0.1, 0.15) is 25.6 Å². The van der Waals surface area contributed by atoms with Crippen LogP contribution in [0.2, 0.25) is 0 Å². The summed E-state index contributed by atoms with van der Waals surface area (Å²) in [6, 6.07) is 19.7. The summed E-state index contributed by atoms with van der Waals surface area (Å²) in [5, 5.41) is 33.9. The molecule has 2 aromatic heterocycles. The maximum absolute atomic E-state index is 15.1. The van der Waals surface area contributed by atoms with Crippen molar-refractivity contribution in [2.75, 3.05) is 51.1 Å². The van der Waals surface area contributed by atoms with Gasteiger partial charge in [-0.15, -0.1) is 0 Å². The van der Waals surface area contributed by atoms with Crippen LogP contribution in [0.4, 0.5) is 15.4 Å². The van der Waals surface area contributed by atoms with Crippen LogP contribution < -0.4 is 23.3 Å². The fourth-order valence-electron chi connectivity index (χ4n) is 5.66. The number of methoxy groups -OCH3 is 1. The molecule has 2 heterocycles. The Morgan fingerprint density at radius 2 is 1.35 bits per heavy atom. The molecule has 0 bridgehead atoms. The van der Waals surface area contributed by atoms with Crippen molar-refractivity contribution in [2.24, 2.45) is 0 Å². The molecule has 0 amide bonds. The van der Waals surface area contributed by atoms with Crippen LogP contribution in [0.15, 0.2) is 96.2 Å². The lowest BCUT2D eigenvalue weighted by atomic mass is 9.87. The summed E-state index contributed by atoms with van der Waals surface area (Å²) < 4.78 is 75.2. The number of carbonyl (C=O) groups excluding carboxylic acids is 2. The molecule has 68 heavy (non-hydrogen) atoms. The van der Waals surface area contributed by atoms with Gasteiger partial charge in [0, 0.05) is 12.4 Å². The normalized spacial score (nSPS) is 12.0. The van der Waals surface area contributed by atoms with E-state index in [1.165, 1.54) is 75.0 Å². The summed E-state index contributed by atoms with van der Waals surface area (Å²) in [4.78, 5) is 52.2. The SMILES string of the molecule is COc1ccccc1Oc1c(OCCOC(=O)Oc2ccc(CON(O)O)cc2)nc(-c2ncccn2)nc1N(C(C)OC(=O)OCCOCCON(O)O)S(=O)(=O)c1ccc(C(C)(C)C)cc1. The molecule has 0 aliphatic carbocycles. The van der Waals surface area contributed by atoms with E-state index in [2.05, 4.69) is 29.6 Å². The molecule has 0 saturated heterocycles. The molecule has 1 unspecified atom stereocenters. The van der Waals surface area contributed by atoms with E-state index in [9.17, 15) is 9.59 Å². The van der Waals surface area contributed by atoms with Crippen LogP contribution in [0.1, 0.15) is 38.8 Å². The van der Waals surface area contributed by atoms with Crippen LogP contribution in [0.5, 0.6) is 28.9 Å². The van der Waals surface area contributed by atoms with Crippen molar-refractivity contribution in [3.05, 3.63) is 102 Å². The third-order valence-electron chi connectivity index (χ3n) is 8.84. The van der Waals surface area contributed by atoms with Crippen molar-refractivity contribution < 1.29 is 86.4 Å². The number of carbonyl (C=O) groups is 2. The number of para-hydroxylation sites is 2. The molecule has 5 aromatic rings. The summed E-state index contributed by atoms with van der Waals surface area (Å²) in [5.74, 6) is -1.50. The first-order valence-electron chi connectivity index (χ1n) is 20.2. The predicted molar refractivity (Wildman–Crippen MR) is 229 cm³/mol. The van der Waals surface area contributed by atoms with Gasteiger partial charge in [0.05, 0.1) is 49.2 Å². The topological polar surface area (TPSA) is 303 Å². The monoisotopic (exact) mass is 971 g/mol. The number of benzene rings is 3. The number of rotatable bonds is 24. The Balaban J connectivity index is 1.54. The quantitative estimate of drug-likeness (QED) is 0.0185. The summed E-state index contributed by atoms with van der Waals surface area (Å²) in [6.45, 7) is 5.09. The molecule has 26 heteroatoms. The van der Waals surface area contributed by atoms with Gasteiger partial charge < -0.3 is 37.9 Å². The highest BCUT2D eigenvalue weighted by Gasteiger charge is 2.39. The zero-order valence-corrected chi connectivity index (χ0v) is 38.0. The van der Waals surface area contributed by atoms with E-state index >= 15 is 8.42 Å². The van der Waals surface area contributed by atoms with Gasteiger partial charge in [-0.1, -0.05) is 57.2 Å². The van der Waals surface area contributed by atoms with E-state index < -0.39 is 70.0 Å². The Morgan fingerprint density at radius 3 is 2.00 bits per heavy atom. The summed E-state index contributed by atoms with van der Waals surface area (Å²) >= 11 is 0. The third kappa shape index (κ3) is 15.3. The molecule has 0 aliphatic rings. The molecule has 0 fully saturated rings. The van der Waals surface area contributed by atoms with Gasteiger partial charge in [0.2, 0.25) is 11.6 Å². The lowest BCUT2D eigenvalue weighted by Gasteiger charge is -2.30. The first kappa shape index (κ1) is 52.1.